The van der Waals surface area contributed by atoms with E-state index in [9.17, 15) is 4.79 Å². The van der Waals surface area contributed by atoms with Gasteiger partial charge in [0.15, 0.2) is 5.82 Å². The van der Waals surface area contributed by atoms with Crippen LogP contribution in [0.5, 0.6) is 0 Å². The Balaban J connectivity index is 1.62. The van der Waals surface area contributed by atoms with E-state index in [0.717, 1.165) is 38.3 Å². The number of rotatable bonds is 4. The van der Waals surface area contributed by atoms with E-state index in [1.807, 2.05) is 12.3 Å². The minimum atomic E-state index is 0.117. The van der Waals surface area contributed by atoms with Crippen molar-refractivity contribution in [2.45, 2.75) is 19.4 Å². The van der Waals surface area contributed by atoms with Crippen molar-refractivity contribution in [2.75, 3.05) is 25.0 Å². The summed E-state index contributed by atoms with van der Waals surface area (Å²) in [4.78, 5) is 18.9. The molecule has 26 heavy (non-hydrogen) atoms. The van der Waals surface area contributed by atoms with Gasteiger partial charge in [0.2, 0.25) is 5.91 Å². The molecule has 1 N–H and O–H groups in total. The van der Waals surface area contributed by atoms with Crippen LogP contribution in [-0.2, 0) is 11.3 Å². The number of piperidine rings is 1. The third-order valence-electron chi connectivity index (χ3n) is 5.26. The maximum Gasteiger partial charge on any atom is 0.222 e. The van der Waals surface area contributed by atoms with Gasteiger partial charge in [-0.1, -0.05) is 30.3 Å². The molecular weight excluding hydrogens is 324 g/mol. The molecule has 5 heteroatoms. The van der Waals surface area contributed by atoms with Gasteiger partial charge in [-0.15, -0.1) is 0 Å². The fourth-order valence-corrected chi connectivity index (χ4v) is 3.83. The van der Waals surface area contributed by atoms with Crippen LogP contribution in [0.3, 0.4) is 0 Å². The van der Waals surface area contributed by atoms with Crippen LogP contribution in [0.1, 0.15) is 18.4 Å². The van der Waals surface area contributed by atoms with Crippen LogP contribution in [0.2, 0.25) is 0 Å². The van der Waals surface area contributed by atoms with Crippen molar-refractivity contribution in [3.63, 3.8) is 0 Å². The first-order chi connectivity index (χ1) is 12.8. The summed E-state index contributed by atoms with van der Waals surface area (Å²) in [7, 11) is 1.72. The van der Waals surface area contributed by atoms with Crippen LogP contribution in [0.4, 0.5) is 5.82 Å². The summed E-state index contributed by atoms with van der Waals surface area (Å²) in [6, 6.07) is 14.7. The van der Waals surface area contributed by atoms with Crippen LogP contribution in [0, 0.1) is 5.92 Å². The molecule has 1 amide bonds. The van der Waals surface area contributed by atoms with E-state index >= 15 is 0 Å². The molecule has 134 valence electrons. The number of nitrogens with zero attached hydrogens (tertiary/aromatic N) is 3. The third-order valence-corrected chi connectivity index (χ3v) is 5.26. The van der Waals surface area contributed by atoms with Gasteiger partial charge in [-0.05, 0) is 30.5 Å². The molecule has 1 aromatic carbocycles. The number of nitrogens with one attached hydrogen (secondary N) is 1. The van der Waals surface area contributed by atoms with Crippen molar-refractivity contribution in [1.82, 2.24) is 14.9 Å². The Bertz CT molecular complexity index is 895. The zero-order valence-corrected chi connectivity index (χ0v) is 15.1. The van der Waals surface area contributed by atoms with Crippen molar-refractivity contribution in [1.29, 1.82) is 0 Å². The number of pyridine rings is 1. The summed E-state index contributed by atoms with van der Waals surface area (Å²) in [6.07, 6.45) is 5.77. The van der Waals surface area contributed by atoms with Gasteiger partial charge in [0.1, 0.15) is 0 Å². The van der Waals surface area contributed by atoms with Crippen molar-refractivity contribution in [2.24, 2.45) is 5.92 Å². The Labute approximate surface area is 153 Å². The van der Waals surface area contributed by atoms with Gasteiger partial charge in [-0.3, -0.25) is 4.79 Å². The number of amides is 1. The molecule has 2 aromatic heterocycles. The number of hydrogen-bond acceptors (Lipinski definition) is 3. The molecular formula is C21H24N4O. The van der Waals surface area contributed by atoms with Crippen molar-refractivity contribution in [3.05, 3.63) is 60.4 Å². The maximum atomic E-state index is 11.9. The highest BCUT2D eigenvalue weighted by Gasteiger charge is 2.26. The number of benzene rings is 1. The molecule has 5 nitrogen and oxygen atoms in total. The fraction of sp³-hybridized carbons (Fsp3) is 0.333. The topological polar surface area (TPSA) is 50.2 Å². The Morgan fingerprint density at radius 2 is 1.92 bits per heavy atom. The first-order valence-corrected chi connectivity index (χ1v) is 9.20. The second-order valence-corrected chi connectivity index (χ2v) is 6.88. The van der Waals surface area contributed by atoms with Gasteiger partial charge >= 0.3 is 0 Å². The molecule has 1 saturated heterocycles. The number of hydrogen-bond donors (Lipinski definition) is 1. The van der Waals surface area contributed by atoms with E-state index in [-0.39, 0.29) is 11.8 Å². The van der Waals surface area contributed by atoms with Crippen molar-refractivity contribution in [3.8, 4) is 0 Å². The highest BCUT2D eigenvalue weighted by molar-refractivity contribution is 5.90. The Morgan fingerprint density at radius 1 is 1.15 bits per heavy atom. The van der Waals surface area contributed by atoms with E-state index in [1.165, 1.54) is 16.5 Å². The highest BCUT2D eigenvalue weighted by Crippen LogP contribution is 2.29. The van der Waals surface area contributed by atoms with E-state index in [0.29, 0.717) is 0 Å². The lowest BCUT2D eigenvalue weighted by Gasteiger charge is -2.32. The quantitative estimate of drug-likeness (QED) is 0.788. The smallest absolute Gasteiger partial charge is 0.222 e. The van der Waals surface area contributed by atoms with Crippen LogP contribution in [0.25, 0.3) is 10.9 Å². The number of aromatic nitrogens is 2. The second-order valence-electron chi connectivity index (χ2n) is 6.88. The second kappa shape index (κ2) is 7.20. The molecule has 1 fully saturated rings. The summed E-state index contributed by atoms with van der Waals surface area (Å²) >= 11 is 0. The van der Waals surface area contributed by atoms with Gasteiger partial charge in [0.25, 0.3) is 0 Å². The predicted octanol–water partition coefficient (Wildman–Crippen LogP) is 3.05. The lowest BCUT2D eigenvalue weighted by molar-refractivity contribution is -0.125. The Morgan fingerprint density at radius 3 is 2.65 bits per heavy atom. The number of carbonyl (C=O) groups excluding carboxylic acids is 1. The molecule has 1 aliphatic rings. The minimum absolute atomic E-state index is 0.117. The molecule has 0 saturated carbocycles. The Kier molecular flexibility index (Phi) is 4.61. The molecule has 0 unspecified atom stereocenters. The molecule has 4 rings (SSSR count). The van der Waals surface area contributed by atoms with Gasteiger partial charge in [0.05, 0.1) is 5.52 Å². The SMILES string of the molecule is CNC(=O)C1CCN(c2nccc3ccn(Cc4ccccc4)c23)CC1. The lowest BCUT2D eigenvalue weighted by atomic mass is 9.96. The average molecular weight is 348 g/mol. The van der Waals surface area contributed by atoms with E-state index < -0.39 is 0 Å². The fourth-order valence-electron chi connectivity index (χ4n) is 3.83. The van der Waals surface area contributed by atoms with E-state index in [2.05, 4.69) is 57.4 Å². The van der Waals surface area contributed by atoms with Crippen LogP contribution >= 0.6 is 0 Å². The minimum Gasteiger partial charge on any atom is -0.359 e. The first-order valence-electron chi connectivity index (χ1n) is 9.20. The standard InChI is InChI=1S/C21H24N4O/c1-22-21(26)18-9-12-24(13-10-18)20-19-17(7-11-23-20)8-14-25(19)15-16-5-3-2-4-6-16/h2-8,11,14,18H,9-10,12-13,15H2,1H3,(H,22,26). The molecule has 0 spiro atoms. The monoisotopic (exact) mass is 348 g/mol. The van der Waals surface area contributed by atoms with Crippen LogP contribution in [-0.4, -0.2) is 35.6 Å². The molecule has 0 aliphatic carbocycles. The van der Waals surface area contributed by atoms with Gasteiger partial charge in [-0.25, -0.2) is 4.98 Å². The summed E-state index contributed by atoms with van der Waals surface area (Å²) in [5, 5.41) is 3.98. The molecule has 0 atom stereocenters. The molecule has 1 aliphatic heterocycles. The normalized spacial score (nSPS) is 15.3. The average Bonchev–Trinajstić information content (AvgIpc) is 3.11. The zero-order chi connectivity index (χ0) is 17.9. The number of carbonyl (C=O) groups is 1. The molecule has 3 heterocycles. The van der Waals surface area contributed by atoms with Gasteiger partial charge in [-0.2, -0.15) is 0 Å². The molecule has 0 bridgehead atoms. The zero-order valence-electron chi connectivity index (χ0n) is 15.1. The molecule has 3 aromatic rings. The maximum absolute atomic E-state index is 11.9. The molecule has 0 radical (unpaired) electrons. The Hall–Kier alpha value is -2.82. The predicted molar refractivity (Wildman–Crippen MR) is 104 cm³/mol. The summed E-state index contributed by atoms with van der Waals surface area (Å²) in [6.45, 7) is 2.55. The third kappa shape index (κ3) is 3.17. The lowest BCUT2D eigenvalue weighted by Crippen LogP contribution is -2.40. The van der Waals surface area contributed by atoms with E-state index in [1.54, 1.807) is 7.05 Å². The number of fused-ring (bicyclic) bond motifs is 1. The number of anilines is 1. The van der Waals surface area contributed by atoms with E-state index in [4.69, 9.17) is 4.98 Å². The van der Waals surface area contributed by atoms with Gasteiger partial charge in [0, 0.05) is 50.4 Å². The van der Waals surface area contributed by atoms with Gasteiger partial charge < -0.3 is 14.8 Å². The van der Waals surface area contributed by atoms with Crippen molar-refractivity contribution >= 4 is 22.6 Å². The summed E-state index contributed by atoms with van der Waals surface area (Å²) < 4.78 is 2.28. The van der Waals surface area contributed by atoms with Crippen molar-refractivity contribution < 1.29 is 4.79 Å². The highest BCUT2D eigenvalue weighted by atomic mass is 16.1. The first kappa shape index (κ1) is 16.6. The van der Waals surface area contributed by atoms with Crippen LogP contribution < -0.4 is 10.2 Å². The summed E-state index contributed by atoms with van der Waals surface area (Å²) in [5.74, 6) is 1.30. The summed E-state index contributed by atoms with van der Waals surface area (Å²) in [5.41, 5.74) is 2.45. The van der Waals surface area contributed by atoms with Crippen LogP contribution in [0.15, 0.2) is 54.9 Å². The largest absolute Gasteiger partial charge is 0.359 e.